The minimum Gasteiger partial charge on any atom is -0.358 e. The standard InChI is InChI=1S/2C6H11.C4H9N.CH3.Ta/c2*1-2-4-6-5-3-1;1-3-4(2)5;;/h2*1H,2-6H2;4H,3H2,1-2H3;1H3;/q2*-1;;-1;. The molecule has 0 bridgehead atoms. The van der Waals surface area contributed by atoms with Crippen LogP contribution < -0.4 is 0 Å². The van der Waals surface area contributed by atoms with Gasteiger partial charge in [0.15, 0.2) is 0 Å². The van der Waals surface area contributed by atoms with Crippen LogP contribution in [0, 0.1) is 20.3 Å². The molecule has 0 radical (unpaired) electrons. The van der Waals surface area contributed by atoms with Gasteiger partial charge in [0.1, 0.15) is 0 Å². The molecule has 19 heavy (non-hydrogen) atoms. The molecule has 1 unspecified atom stereocenters. The summed E-state index contributed by atoms with van der Waals surface area (Å²) in [6.07, 6.45) is 20.2. The van der Waals surface area contributed by atoms with Crippen LogP contribution in [0.1, 0.15) is 84.5 Å². The van der Waals surface area contributed by atoms with E-state index in [2.05, 4.69) is 30.0 Å². The van der Waals surface area contributed by atoms with Crippen molar-refractivity contribution in [3.63, 3.8) is 0 Å². The predicted molar refractivity (Wildman–Crippen MR) is 83.4 cm³/mol. The molecule has 2 heteroatoms. The molecule has 0 heterocycles. The van der Waals surface area contributed by atoms with Crippen molar-refractivity contribution in [2.45, 2.75) is 90.5 Å². The minimum atomic E-state index is 0. The third kappa shape index (κ3) is 18.5. The van der Waals surface area contributed by atoms with Gasteiger partial charge in [-0.2, -0.15) is 25.7 Å². The average Bonchev–Trinajstić information content (AvgIpc) is 2.51. The fraction of sp³-hybridized carbons (Fsp3) is 0.824. The van der Waals surface area contributed by atoms with Gasteiger partial charge in [-0.1, -0.05) is 38.5 Å². The quantitative estimate of drug-likeness (QED) is 0.455. The Labute approximate surface area is 135 Å². The maximum atomic E-state index is 4.12. The van der Waals surface area contributed by atoms with Crippen LogP contribution in [0.5, 0.6) is 0 Å². The van der Waals surface area contributed by atoms with Crippen LogP contribution >= 0.6 is 0 Å². The van der Waals surface area contributed by atoms with E-state index in [1.165, 1.54) is 91.5 Å². The molecule has 0 saturated heterocycles. The van der Waals surface area contributed by atoms with Crippen LogP contribution in [0.15, 0.2) is 3.34 Å². The van der Waals surface area contributed by atoms with Crippen LogP contribution in [0.25, 0.3) is 0 Å². The molecule has 0 aliphatic heterocycles. The monoisotopic (exact) mass is 433 g/mol. The molecule has 1 nitrogen and oxygen atoms in total. The Bertz CT molecular complexity index is 128. The number of hydrogen-bond donors (Lipinski definition) is 0. The van der Waals surface area contributed by atoms with Gasteiger partial charge in [0.05, 0.1) is 0 Å². The summed E-state index contributed by atoms with van der Waals surface area (Å²) in [5.41, 5.74) is 0. The molecule has 2 fully saturated rings. The van der Waals surface area contributed by atoms with E-state index in [4.69, 9.17) is 0 Å². The number of hydrogen-bond acceptors (Lipinski definition) is 1. The molecule has 115 valence electrons. The fourth-order valence-electron chi connectivity index (χ4n) is 1.88. The first-order chi connectivity index (χ1) is 8.81. The van der Waals surface area contributed by atoms with E-state index in [0.717, 1.165) is 0 Å². The Balaban J connectivity index is 0. The van der Waals surface area contributed by atoms with Crippen molar-refractivity contribution < 1.29 is 20.9 Å². The maximum absolute atomic E-state index is 4.12. The normalized spacial score (nSPS) is 19.4. The predicted octanol–water partition coefficient (Wildman–Crippen LogP) is 6.28. The van der Waals surface area contributed by atoms with Crippen LogP contribution in [0.3, 0.4) is 0 Å². The minimum absolute atomic E-state index is 0. The largest absolute Gasteiger partial charge is 0.358 e. The van der Waals surface area contributed by atoms with Gasteiger partial charge >= 0.3 is 50.5 Å². The summed E-state index contributed by atoms with van der Waals surface area (Å²) in [6, 6.07) is 0.610. The van der Waals surface area contributed by atoms with Crippen LogP contribution in [-0.4, -0.2) is 6.04 Å². The molecule has 2 saturated carbocycles. The van der Waals surface area contributed by atoms with Gasteiger partial charge in [-0.25, -0.2) is 0 Å². The Hall–Kier alpha value is 0.540. The van der Waals surface area contributed by atoms with Crippen LogP contribution in [0.2, 0.25) is 0 Å². The summed E-state index contributed by atoms with van der Waals surface area (Å²) in [4.78, 5) is 0. The Kier molecular flexibility index (Phi) is 21.3. The zero-order valence-electron chi connectivity index (χ0n) is 13.4. The third-order valence-corrected chi connectivity index (χ3v) is 4.84. The Morgan fingerprint density at radius 1 is 0.895 bits per heavy atom. The number of rotatable bonds is 2. The summed E-state index contributed by atoms with van der Waals surface area (Å²) in [6.45, 7) is 4.29. The summed E-state index contributed by atoms with van der Waals surface area (Å²) < 4.78 is 4.12. The first-order valence-electron chi connectivity index (χ1n) is 7.78. The summed E-state index contributed by atoms with van der Waals surface area (Å²) in [5, 5.41) is 0. The van der Waals surface area contributed by atoms with Crippen LogP contribution in [-0.2, 0) is 20.9 Å². The van der Waals surface area contributed by atoms with Crippen molar-refractivity contribution in [1.82, 2.24) is 0 Å². The van der Waals surface area contributed by atoms with Gasteiger partial charge in [-0.05, 0) is 0 Å². The van der Waals surface area contributed by atoms with Crippen molar-refractivity contribution in [3.05, 3.63) is 20.3 Å². The molecule has 0 aromatic carbocycles. The average molecular weight is 433 g/mol. The first kappa shape index (κ1) is 21.8. The summed E-state index contributed by atoms with van der Waals surface area (Å²) >= 11 is 1.18. The Morgan fingerprint density at radius 2 is 1.26 bits per heavy atom. The Morgan fingerprint density at radius 3 is 1.32 bits per heavy atom. The van der Waals surface area contributed by atoms with Crippen molar-refractivity contribution in [1.29, 1.82) is 0 Å². The summed E-state index contributed by atoms with van der Waals surface area (Å²) in [5.74, 6) is 0. The molecule has 2 rings (SSSR count). The van der Waals surface area contributed by atoms with E-state index < -0.39 is 0 Å². The van der Waals surface area contributed by atoms with Crippen LogP contribution in [0.4, 0.5) is 0 Å². The van der Waals surface area contributed by atoms with E-state index in [1.54, 1.807) is 0 Å². The van der Waals surface area contributed by atoms with Gasteiger partial charge in [0.2, 0.25) is 0 Å². The van der Waals surface area contributed by atoms with Gasteiger partial charge in [-0.3, -0.25) is 0 Å². The third-order valence-electron chi connectivity index (χ3n) is 3.42. The van der Waals surface area contributed by atoms with E-state index in [0.29, 0.717) is 6.04 Å². The molecular formula is C17H34NTa-3. The second-order valence-electron chi connectivity index (χ2n) is 5.23. The first-order valence-corrected chi connectivity index (χ1v) is 9.22. The van der Waals surface area contributed by atoms with Gasteiger partial charge < -0.3 is 20.3 Å². The molecule has 0 aromatic rings. The van der Waals surface area contributed by atoms with E-state index in [9.17, 15) is 0 Å². The van der Waals surface area contributed by atoms with Crippen molar-refractivity contribution in [3.8, 4) is 0 Å². The van der Waals surface area contributed by atoms with E-state index in [-0.39, 0.29) is 7.43 Å². The van der Waals surface area contributed by atoms with Crippen molar-refractivity contribution in [2.24, 2.45) is 3.34 Å². The molecule has 0 spiro atoms. The zero-order chi connectivity index (χ0) is 13.5. The zero-order valence-corrected chi connectivity index (χ0v) is 16.6. The molecule has 2 aliphatic rings. The topological polar surface area (TPSA) is 12.4 Å². The van der Waals surface area contributed by atoms with Gasteiger partial charge in [-0.15, -0.1) is 0 Å². The molecule has 0 aromatic heterocycles. The van der Waals surface area contributed by atoms with Crippen molar-refractivity contribution >= 4 is 0 Å². The molecule has 0 N–H and O–H groups in total. The smallest absolute Gasteiger partial charge is 0.0582 e. The SMILES string of the molecule is CCC(C)[N]=[Ta].[CH-]1CCCCC1.[CH-]1CCCCC1.[CH3-]. The molecular weight excluding hydrogens is 399 g/mol. The maximum Gasteiger partial charge on any atom is -0.0582 e. The van der Waals surface area contributed by atoms with E-state index >= 15 is 0 Å². The van der Waals surface area contributed by atoms with E-state index in [1.807, 2.05) is 0 Å². The van der Waals surface area contributed by atoms with Gasteiger partial charge in [0.25, 0.3) is 0 Å². The second-order valence-corrected chi connectivity index (χ2v) is 6.06. The molecule has 2 aliphatic carbocycles. The van der Waals surface area contributed by atoms with Crippen molar-refractivity contribution in [2.75, 3.05) is 0 Å². The fourth-order valence-corrected chi connectivity index (χ4v) is 2.47. The molecule has 0 amide bonds. The number of nitrogens with zero attached hydrogens (tertiary/aromatic N) is 1. The van der Waals surface area contributed by atoms with Gasteiger partial charge in [0, 0.05) is 0 Å². The molecule has 1 atom stereocenters. The second kappa shape index (κ2) is 18.5. The summed E-state index contributed by atoms with van der Waals surface area (Å²) in [7, 11) is 0.